The van der Waals surface area contributed by atoms with Crippen LogP contribution < -0.4 is 4.97 Å². The standard InChI is InChI=1S/N2O.HNO/c1-2-3;1-2/h;1H. The van der Waals surface area contributed by atoms with E-state index in [9.17, 15) is 0 Å². The summed E-state index contributed by atoms with van der Waals surface area (Å²) in [5, 5.41) is 0. The molecule has 0 radical (unpaired) electrons. The van der Waals surface area contributed by atoms with Gasteiger partial charge in [-0.3, -0.25) is 5.53 Å². The van der Waals surface area contributed by atoms with E-state index in [-0.39, 0.29) is 0 Å². The normalized spacial score (nSPS) is 2.40. The van der Waals surface area contributed by atoms with Crippen molar-refractivity contribution in [2.75, 3.05) is 0 Å². The number of nitrogens with zero attached hydrogens (tertiary/aromatic N) is 2. The highest BCUT2D eigenvalue weighted by Crippen LogP contribution is 0.905. The van der Waals surface area contributed by atoms with Gasteiger partial charge in [0.25, 0.3) is 0 Å². The maximum atomic E-state index is 8.11. The van der Waals surface area contributed by atoms with E-state index in [2.05, 4.69) is 5.59 Å². The lowest BCUT2D eigenvalue weighted by atomic mass is 13.2. The number of rotatable bonds is 0. The maximum Gasteiger partial charge on any atom is 0.151 e. The van der Waals surface area contributed by atoms with Crippen molar-refractivity contribution < 1.29 is 0 Å². The van der Waals surface area contributed by atoms with Gasteiger partial charge < -0.3 is 0 Å². The second kappa shape index (κ2) is 1310. The second-order valence-corrected chi connectivity index (χ2v) is 0.0816. The monoisotopic (exact) mass is 75.0 g/mol. The van der Waals surface area contributed by atoms with Crippen molar-refractivity contribution in [1.82, 2.24) is 4.97 Å². The van der Waals surface area contributed by atoms with Crippen LogP contribution in [0.4, 0.5) is 0 Å². The predicted octanol–water partition coefficient (Wildman–Crippen LogP) is 0.173. The van der Waals surface area contributed by atoms with Crippen LogP contribution in [0.25, 0.3) is 5.53 Å². The Balaban J connectivity index is 0. The zero-order valence-electron chi connectivity index (χ0n) is 2.21. The average molecular weight is 75.0 g/mol. The van der Waals surface area contributed by atoms with Crippen LogP contribution >= 0.6 is 0 Å². The summed E-state index contributed by atoms with van der Waals surface area (Å²) in [5.74, 6) is 0. The Labute approximate surface area is 27.2 Å². The van der Waals surface area contributed by atoms with Gasteiger partial charge in [0.15, 0.2) is 4.91 Å². The molecule has 0 saturated carbocycles. The van der Waals surface area contributed by atoms with Gasteiger partial charge in [0, 0.05) is 0 Å². The summed E-state index contributed by atoms with van der Waals surface area (Å²) in [6, 6.07) is 0. The molecule has 0 saturated heterocycles. The van der Waals surface area contributed by atoms with Crippen LogP contribution in [0.1, 0.15) is 0 Å². The fourth-order valence-corrected chi connectivity index (χ4v) is 0. The molecule has 5 heteroatoms. The van der Waals surface area contributed by atoms with Gasteiger partial charge in [0.05, 0.1) is 0 Å². The average Bonchev–Trinajstić information content (AvgIpc) is 1.46. The summed E-state index contributed by atoms with van der Waals surface area (Å²) in [6.07, 6.45) is 0. The zero-order chi connectivity index (χ0) is 4.71. The van der Waals surface area contributed by atoms with Gasteiger partial charge in [-0.05, 0) is 0 Å². The largest absolute Gasteiger partial charge is 0.294 e. The third kappa shape index (κ3) is 2.03. The fraction of sp³-hybridized carbons (Fsp3) is 0. The van der Waals surface area contributed by atoms with E-state index >= 15 is 0 Å². The van der Waals surface area contributed by atoms with Gasteiger partial charge in [-0.2, -0.15) is 4.91 Å². The molecule has 0 atom stereocenters. The second-order valence-electron chi connectivity index (χ2n) is 0.0816. The molecule has 0 unspecified atom stereocenters. The number of nitrogens with one attached hydrogen (secondary N) is 1. The Morgan fingerprint density at radius 3 is 1.60 bits per heavy atom. The van der Waals surface area contributed by atoms with Crippen LogP contribution in [0.5, 0.6) is 0 Å². The summed E-state index contributed by atoms with van der Waals surface area (Å²) >= 11 is 0. The quantitative estimate of drug-likeness (QED) is 0.252. The van der Waals surface area contributed by atoms with E-state index in [1.54, 1.807) is 0 Å². The van der Waals surface area contributed by atoms with E-state index in [1.165, 1.54) is 4.97 Å². The topological polar surface area (TPSA) is 94.4 Å². The van der Waals surface area contributed by atoms with Gasteiger partial charge in [-0.1, -0.05) is 5.59 Å². The van der Waals surface area contributed by atoms with E-state index in [1.807, 2.05) is 0 Å². The van der Waals surface area contributed by atoms with Gasteiger partial charge >= 0.3 is 0 Å². The van der Waals surface area contributed by atoms with Crippen LogP contribution in [0.3, 0.4) is 0 Å². The Hall–Kier alpha value is -1.09. The Kier molecular flexibility index (Phi) is 2380. The van der Waals surface area contributed by atoms with Gasteiger partial charge in [-0.15, -0.1) is 0 Å². The first-order valence-electron chi connectivity index (χ1n) is 0.587. The van der Waals surface area contributed by atoms with E-state index in [4.69, 9.17) is 15.3 Å². The van der Waals surface area contributed by atoms with Gasteiger partial charge in [0.1, 0.15) is 4.97 Å². The summed E-state index contributed by atoms with van der Waals surface area (Å²) in [4.78, 5) is 16.9. The first-order valence-corrected chi connectivity index (χ1v) is 0.587. The zero-order valence-corrected chi connectivity index (χ0v) is 2.21. The lowest BCUT2D eigenvalue weighted by molar-refractivity contribution is 1.49. The van der Waals surface area contributed by atoms with Crippen LogP contribution in [0, 0.1) is 15.4 Å². The third-order valence-corrected chi connectivity index (χ3v) is 0. The molecule has 28 valence electrons. The molecule has 0 heterocycles. The van der Waals surface area contributed by atoms with Crippen LogP contribution in [0.15, 0.2) is 0 Å². The van der Waals surface area contributed by atoms with Crippen molar-refractivity contribution in [3.63, 3.8) is 0 Å². The Morgan fingerprint density at radius 2 is 1.60 bits per heavy atom. The highest BCUT2D eigenvalue weighted by atomic mass is 16.2. The molecule has 0 aliphatic carbocycles. The molecular weight excluding hydrogens is 74.0 g/mol. The summed E-state index contributed by atoms with van der Waals surface area (Å²) < 4.78 is 0. The molecule has 5 heavy (non-hydrogen) atoms. The Morgan fingerprint density at radius 1 is 1.60 bits per heavy atom. The number of hydrogen-bond acceptors (Lipinski definition) is 3. The third-order valence-electron chi connectivity index (χ3n) is 0. The highest BCUT2D eigenvalue weighted by molar-refractivity contribution is 3.92. The van der Waals surface area contributed by atoms with Crippen molar-refractivity contribution in [1.29, 1.82) is 5.59 Å². The molecule has 0 aliphatic rings. The molecule has 0 aromatic rings. The van der Waals surface area contributed by atoms with Crippen LogP contribution in [-0.2, 0) is 0 Å². The maximum absolute atomic E-state index is 8.11. The first-order chi connectivity index (χ1) is 2.41. The van der Waals surface area contributed by atoms with Crippen molar-refractivity contribution in [3.8, 4) is 0 Å². The molecule has 5 nitrogen and oxygen atoms in total. The first kappa shape index (κ1) is 9.08. The predicted molar refractivity (Wildman–Crippen MR) is 14.9 cm³/mol. The molecule has 1 N–H and O–H groups in total. The van der Waals surface area contributed by atoms with Crippen molar-refractivity contribution >= 4 is 0 Å². The highest BCUT2D eigenvalue weighted by Gasteiger charge is 1.06. The van der Waals surface area contributed by atoms with Crippen molar-refractivity contribution in [2.24, 2.45) is 0 Å². The lowest BCUT2D eigenvalue weighted by Gasteiger charge is -0.999. The molecule has 0 rings (SSSR count). The minimum Gasteiger partial charge on any atom is -0.294 e. The molecule has 0 spiro atoms. The van der Waals surface area contributed by atoms with Crippen molar-refractivity contribution in [3.05, 3.63) is 15.3 Å². The summed E-state index contributed by atoms with van der Waals surface area (Å²) in [7, 11) is 0. The van der Waals surface area contributed by atoms with E-state index in [0.29, 0.717) is 0 Å². The van der Waals surface area contributed by atoms with Gasteiger partial charge in [-0.25, -0.2) is 0 Å². The summed E-state index contributed by atoms with van der Waals surface area (Å²) in [5.41, 5.74) is 11.1. The molecule has 0 aliphatic heterocycles. The molecule has 0 aromatic carbocycles. The number of hydrogen-bond donors (Lipinski definition) is 1. The van der Waals surface area contributed by atoms with Crippen LogP contribution in [-0.4, -0.2) is 0 Å². The van der Waals surface area contributed by atoms with E-state index in [0.717, 1.165) is 0 Å². The van der Waals surface area contributed by atoms with Crippen molar-refractivity contribution in [2.45, 2.75) is 0 Å². The molecule has 0 amide bonds. The summed E-state index contributed by atoms with van der Waals surface area (Å²) in [6.45, 7) is 0. The SMILES string of the molecule is N=O.[N-]=[N+]=O. The molecule has 0 bridgehead atoms. The van der Waals surface area contributed by atoms with Crippen LogP contribution in [0.2, 0.25) is 0 Å². The van der Waals surface area contributed by atoms with Gasteiger partial charge in [0.2, 0.25) is 0 Å². The molecule has 0 aromatic heterocycles. The molecular formula is HN3O2. The Bertz CT molecular complexity index is 34.2. The lowest BCUT2D eigenvalue weighted by Crippen LogP contribution is -1.21. The smallest absolute Gasteiger partial charge is 0.151 e. The minimum absolute atomic E-state index is 1.25. The van der Waals surface area contributed by atoms with E-state index < -0.39 is 0 Å². The minimum atomic E-state index is 1.25. The molecule has 0 fully saturated rings. The fourth-order valence-electron chi connectivity index (χ4n) is 0. The number of nitroso groups, excluding NO2 is 2.